The molecule has 0 N–H and O–H groups in total. The summed E-state index contributed by atoms with van der Waals surface area (Å²) in [5.41, 5.74) is 0. The number of halogens is 2. The first kappa shape index (κ1) is 10.0. The van der Waals surface area contributed by atoms with E-state index < -0.39 is 10.8 Å². The van der Waals surface area contributed by atoms with E-state index in [0.717, 1.165) is 0 Å². The molecule has 0 heterocycles. The quantitative estimate of drug-likeness (QED) is 0.704. The van der Waals surface area contributed by atoms with Crippen molar-refractivity contribution in [3.05, 3.63) is 29.3 Å². The smallest absolute Gasteiger partial charge is 0.110 e. The van der Waals surface area contributed by atoms with Crippen molar-refractivity contribution in [2.24, 2.45) is 0 Å². The van der Waals surface area contributed by atoms with Gasteiger partial charge in [0.05, 0.1) is 10.8 Å². The Bertz CT molecular complexity index is 282. The van der Waals surface area contributed by atoms with E-state index in [-0.39, 0.29) is 4.71 Å². The van der Waals surface area contributed by atoms with Crippen molar-refractivity contribution in [1.82, 2.24) is 0 Å². The van der Waals surface area contributed by atoms with Crippen molar-refractivity contribution in [3.8, 4) is 0 Å². The monoisotopic (exact) mass is 222 g/mol. The highest BCUT2D eigenvalue weighted by molar-refractivity contribution is 7.87. The third-order valence-electron chi connectivity index (χ3n) is 1.34. The second kappa shape index (κ2) is 4.26. The van der Waals surface area contributed by atoms with Gasteiger partial charge in [-0.2, -0.15) is 0 Å². The van der Waals surface area contributed by atoms with Crippen LogP contribution < -0.4 is 0 Å². The van der Waals surface area contributed by atoms with Gasteiger partial charge < -0.3 is 0 Å². The van der Waals surface area contributed by atoms with Crippen LogP contribution in [0.2, 0.25) is 5.02 Å². The van der Waals surface area contributed by atoms with Gasteiger partial charge >= 0.3 is 0 Å². The van der Waals surface area contributed by atoms with Crippen LogP contribution in [0, 0.1) is 0 Å². The molecule has 1 nitrogen and oxygen atoms in total. The molecule has 0 saturated heterocycles. The van der Waals surface area contributed by atoms with Gasteiger partial charge in [-0.3, -0.25) is 4.21 Å². The Balaban J connectivity index is 2.90. The summed E-state index contributed by atoms with van der Waals surface area (Å²) in [7, 11) is -1.14. The van der Waals surface area contributed by atoms with Gasteiger partial charge in [-0.05, 0) is 31.2 Å². The van der Waals surface area contributed by atoms with Crippen LogP contribution in [-0.2, 0) is 10.8 Å². The van der Waals surface area contributed by atoms with Crippen molar-refractivity contribution in [3.63, 3.8) is 0 Å². The molecule has 0 radical (unpaired) electrons. The Morgan fingerprint density at radius 1 is 1.33 bits per heavy atom. The summed E-state index contributed by atoms with van der Waals surface area (Å²) < 4.78 is 11.0. The van der Waals surface area contributed by atoms with E-state index in [1.165, 1.54) is 0 Å². The number of benzene rings is 1. The highest BCUT2D eigenvalue weighted by Crippen LogP contribution is 2.16. The van der Waals surface area contributed by atoms with Crippen molar-refractivity contribution in [2.45, 2.75) is 16.5 Å². The normalized spacial score (nSPS) is 15.6. The molecule has 0 aromatic heterocycles. The lowest BCUT2D eigenvalue weighted by atomic mass is 10.4. The summed E-state index contributed by atoms with van der Waals surface area (Å²) in [6, 6.07) is 6.84. The van der Waals surface area contributed by atoms with Gasteiger partial charge in [-0.25, -0.2) is 0 Å². The maximum Gasteiger partial charge on any atom is 0.110 e. The van der Waals surface area contributed by atoms with Gasteiger partial charge in [0.25, 0.3) is 0 Å². The van der Waals surface area contributed by atoms with Crippen LogP contribution >= 0.6 is 23.2 Å². The molecule has 0 amide bonds. The maximum atomic E-state index is 11.4. The van der Waals surface area contributed by atoms with Gasteiger partial charge in [0.15, 0.2) is 0 Å². The van der Waals surface area contributed by atoms with E-state index in [9.17, 15) is 4.21 Å². The molecule has 12 heavy (non-hydrogen) atoms. The van der Waals surface area contributed by atoms with Crippen molar-refractivity contribution in [2.75, 3.05) is 0 Å². The highest BCUT2D eigenvalue weighted by Gasteiger charge is 2.08. The third-order valence-corrected chi connectivity index (χ3v) is 3.41. The SMILES string of the molecule is C[C@@H](Cl)S(=O)c1ccc(Cl)cc1. The molecule has 2 atom stereocenters. The van der Waals surface area contributed by atoms with Gasteiger partial charge in [-0.15, -0.1) is 11.6 Å². The van der Waals surface area contributed by atoms with Crippen LogP contribution in [0.3, 0.4) is 0 Å². The summed E-state index contributed by atoms with van der Waals surface area (Å²) in [5.74, 6) is 0. The van der Waals surface area contributed by atoms with Crippen LogP contribution in [0.5, 0.6) is 0 Å². The molecule has 0 bridgehead atoms. The van der Waals surface area contributed by atoms with Crippen LogP contribution in [0.25, 0.3) is 0 Å². The fraction of sp³-hybridized carbons (Fsp3) is 0.250. The maximum absolute atomic E-state index is 11.4. The summed E-state index contributed by atoms with van der Waals surface area (Å²) >= 11 is 11.3. The molecular weight excluding hydrogens is 215 g/mol. The number of rotatable bonds is 2. The Hall–Kier alpha value is -0.0500. The van der Waals surface area contributed by atoms with Crippen molar-refractivity contribution < 1.29 is 4.21 Å². The summed E-state index contributed by atoms with van der Waals surface area (Å²) in [6.07, 6.45) is 0. The van der Waals surface area contributed by atoms with Gasteiger partial charge in [0.2, 0.25) is 0 Å². The first-order chi connectivity index (χ1) is 5.61. The fourth-order valence-electron chi connectivity index (χ4n) is 0.756. The molecule has 0 spiro atoms. The van der Waals surface area contributed by atoms with Crippen molar-refractivity contribution >= 4 is 34.0 Å². The molecule has 1 unspecified atom stereocenters. The standard InChI is InChI=1S/C8H8Cl2OS/c1-6(9)12(11)8-4-2-7(10)3-5-8/h2-6H,1H3/t6-,12?/m0/s1. The predicted octanol–water partition coefficient (Wildman–Crippen LogP) is 3.03. The molecule has 1 aromatic rings. The molecule has 0 aliphatic rings. The van der Waals surface area contributed by atoms with Gasteiger partial charge in [0.1, 0.15) is 4.71 Å². The molecule has 0 aliphatic heterocycles. The zero-order valence-corrected chi connectivity index (χ0v) is 8.79. The fourth-order valence-corrected chi connectivity index (χ4v) is 1.97. The summed E-state index contributed by atoms with van der Waals surface area (Å²) in [4.78, 5) is 0.710. The third kappa shape index (κ3) is 2.47. The molecule has 1 aromatic carbocycles. The lowest BCUT2D eigenvalue weighted by molar-refractivity contribution is 0.682. The lowest BCUT2D eigenvalue weighted by Crippen LogP contribution is -2.02. The molecule has 4 heteroatoms. The number of alkyl halides is 1. The van der Waals surface area contributed by atoms with Crippen LogP contribution in [0.15, 0.2) is 29.2 Å². The molecular formula is C8H8Cl2OS. The second-order valence-corrected chi connectivity index (χ2v) is 5.42. The van der Waals surface area contributed by atoms with E-state index in [1.807, 2.05) is 0 Å². The Labute approximate surface area is 84.1 Å². The molecule has 0 fully saturated rings. The zero-order chi connectivity index (χ0) is 9.14. The number of hydrogen-bond donors (Lipinski definition) is 0. The first-order valence-electron chi connectivity index (χ1n) is 3.41. The van der Waals surface area contributed by atoms with E-state index in [4.69, 9.17) is 23.2 Å². The molecule has 0 aliphatic carbocycles. The number of hydrogen-bond acceptors (Lipinski definition) is 1. The van der Waals surface area contributed by atoms with Gasteiger partial charge in [-0.1, -0.05) is 11.6 Å². The summed E-state index contributed by atoms with van der Waals surface area (Å²) in [5, 5.41) is 0.637. The van der Waals surface area contributed by atoms with E-state index in [0.29, 0.717) is 9.92 Å². The average Bonchev–Trinajstić information content (AvgIpc) is 2.04. The zero-order valence-electron chi connectivity index (χ0n) is 6.46. The van der Waals surface area contributed by atoms with Gasteiger partial charge in [0, 0.05) is 9.92 Å². The predicted molar refractivity (Wildman–Crippen MR) is 53.2 cm³/mol. The minimum atomic E-state index is -1.14. The Morgan fingerprint density at radius 2 is 1.83 bits per heavy atom. The largest absolute Gasteiger partial charge is 0.253 e. The topological polar surface area (TPSA) is 17.1 Å². The van der Waals surface area contributed by atoms with Crippen molar-refractivity contribution in [1.29, 1.82) is 0 Å². The van der Waals surface area contributed by atoms with Crippen LogP contribution in [-0.4, -0.2) is 8.92 Å². The van der Waals surface area contributed by atoms with Crippen LogP contribution in [0.4, 0.5) is 0 Å². The van der Waals surface area contributed by atoms with E-state index in [2.05, 4.69) is 0 Å². The minimum absolute atomic E-state index is 0.369. The second-order valence-electron chi connectivity index (χ2n) is 2.29. The Morgan fingerprint density at radius 3 is 2.25 bits per heavy atom. The van der Waals surface area contributed by atoms with E-state index >= 15 is 0 Å². The van der Waals surface area contributed by atoms with E-state index in [1.54, 1.807) is 31.2 Å². The summed E-state index contributed by atoms with van der Waals surface area (Å²) in [6.45, 7) is 1.70. The average molecular weight is 223 g/mol. The first-order valence-corrected chi connectivity index (χ1v) is 5.44. The molecule has 66 valence electrons. The minimum Gasteiger partial charge on any atom is -0.253 e. The molecule has 1 rings (SSSR count). The van der Waals surface area contributed by atoms with Crippen LogP contribution in [0.1, 0.15) is 6.92 Å². The highest BCUT2D eigenvalue weighted by atomic mass is 35.5. The Kier molecular flexibility index (Phi) is 3.56. The molecule has 0 saturated carbocycles. The lowest BCUT2D eigenvalue weighted by Gasteiger charge is -2.02.